The van der Waals surface area contributed by atoms with Crippen LogP contribution < -0.4 is 5.73 Å². The molecule has 154 valence electrons. The van der Waals surface area contributed by atoms with E-state index in [9.17, 15) is 4.79 Å². The Hall–Kier alpha value is -2.02. The number of aromatic nitrogens is 2. The van der Waals surface area contributed by atoms with Crippen LogP contribution in [0.25, 0.3) is 0 Å². The first-order chi connectivity index (χ1) is 13.7. The zero-order chi connectivity index (χ0) is 20.8. The number of nitrogens with zero attached hydrogens (tertiary/aromatic N) is 3. The Morgan fingerprint density at radius 3 is 2.52 bits per heavy atom. The largest absolute Gasteiger partial charge is 0.367 e. The third-order valence-corrected chi connectivity index (χ3v) is 6.07. The summed E-state index contributed by atoms with van der Waals surface area (Å²) in [4.78, 5) is 23.3. The fourth-order valence-electron chi connectivity index (χ4n) is 4.26. The van der Waals surface area contributed by atoms with Crippen molar-refractivity contribution in [3.63, 3.8) is 0 Å². The van der Waals surface area contributed by atoms with E-state index in [-0.39, 0.29) is 5.41 Å². The molecule has 1 atom stereocenters. The molecule has 3 heterocycles. The second-order valence-electron chi connectivity index (χ2n) is 9.07. The summed E-state index contributed by atoms with van der Waals surface area (Å²) in [5.74, 6) is 0.396. The minimum Gasteiger partial charge on any atom is -0.367 e. The van der Waals surface area contributed by atoms with Crippen molar-refractivity contribution in [2.24, 2.45) is 5.73 Å². The van der Waals surface area contributed by atoms with Crippen molar-refractivity contribution in [3.05, 3.63) is 58.1 Å². The number of hydrogen-bond donors (Lipinski definition) is 1. The molecule has 2 aliphatic heterocycles. The quantitative estimate of drug-likeness (QED) is 0.831. The van der Waals surface area contributed by atoms with E-state index in [4.69, 9.17) is 22.1 Å². The molecule has 0 aliphatic carbocycles. The summed E-state index contributed by atoms with van der Waals surface area (Å²) in [7, 11) is 0. The molecule has 7 heteroatoms. The lowest BCUT2D eigenvalue weighted by Gasteiger charge is -2.39. The maximum atomic E-state index is 11.9. The molecule has 6 nitrogen and oxygen atoms in total. The summed E-state index contributed by atoms with van der Waals surface area (Å²) >= 11 is 6.24. The van der Waals surface area contributed by atoms with Gasteiger partial charge in [-0.15, -0.1) is 0 Å². The molecule has 4 rings (SSSR count). The molecule has 29 heavy (non-hydrogen) atoms. The number of rotatable bonds is 3. The Kier molecular flexibility index (Phi) is 5.13. The minimum absolute atomic E-state index is 0.0541. The summed E-state index contributed by atoms with van der Waals surface area (Å²) in [5.41, 5.74) is 7.99. The second kappa shape index (κ2) is 7.35. The van der Waals surface area contributed by atoms with Crippen molar-refractivity contribution in [2.75, 3.05) is 13.1 Å². The SMILES string of the molecule is CC(C)(C)c1ncc(CN2CCC3(CC2)OC(C(N)=O)c2ccc(Cl)cc23)cn1. The molecule has 2 N–H and O–H groups in total. The number of benzene rings is 1. The Bertz CT molecular complexity index is 915. The molecule has 1 amide bonds. The van der Waals surface area contributed by atoms with Gasteiger partial charge in [-0.3, -0.25) is 9.69 Å². The van der Waals surface area contributed by atoms with E-state index in [1.165, 1.54) is 0 Å². The van der Waals surface area contributed by atoms with E-state index in [2.05, 4.69) is 35.6 Å². The molecule has 0 saturated carbocycles. The Balaban J connectivity index is 1.47. The highest BCUT2D eigenvalue weighted by Crippen LogP contribution is 2.50. The number of piperidine rings is 1. The number of nitrogens with two attached hydrogens (primary N) is 1. The highest BCUT2D eigenvalue weighted by molar-refractivity contribution is 6.30. The zero-order valence-electron chi connectivity index (χ0n) is 17.1. The second-order valence-corrected chi connectivity index (χ2v) is 9.50. The molecule has 1 aromatic carbocycles. The van der Waals surface area contributed by atoms with Crippen molar-refractivity contribution >= 4 is 17.5 Å². The van der Waals surface area contributed by atoms with E-state index in [1.54, 1.807) is 6.07 Å². The van der Waals surface area contributed by atoms with Crippen molar-refractivity contribution in [2.45, 2.75) is 57.3 Å². The first-order valence-electron chi connectivity index (χ1n) is 9.99. The average Bonchev–Trinajstić information content (AvgIpc) is 2.97. The molecule has 1 saturated heterocycles. The van der Waals surface area contributed by atoms with Crippen LogP contribution in [-0.2, 0) is 27.1 Å². The number of ether oxygens (including phenoxy) is 1. The number of amides is 1. The molecule has 1 fully saturated rings. The molecule has 0 bridgehead atoms. The van der Waals surface area contributed by atoms with Crippen LogP contribution >= 0.6 is 11.6 Å². The van der Waals surface area contributed by atoms with Crippen LogP contribution in [0.1, 0.15) is 62.2 Å². The van der Waals surface area contributed by atoms with E-state index in [0.717, 1.165) is 55.0 Å². The Labute approximate surface area is 176 Å². The van der Waals surface area contributed by atoms with Crippen LogP contribution in [-0.4, -0.2) is 33.9 Å². The zero-order valence-corrected chi connectivity index (χ0v) is 17.9. The lowest BCUT2D eigenvalue weighted by atomic mass is 9.83. The summed E-state index contributed by atoms with van der Waals surface area (Å²) in [6, 6.07) is 5.58. The molecule has 1 aromatic heterocycles. The third kappa shape index (κ3) is 3.89. The first-order valence-corrected chi connectivity index (χ1v) is 10.4. The van der Waals surface area contributed by atoms with Crippen molar-refractivity contribution in [3.8, 4) is 0 Å². The maximum absolute atomic E-state index is 11.9. The van der Waals surface area contributed by atoms with Crippen LogP contribution in [0.15, 0.2) is 30.6 Å². The van der Waals surface area contributed by atoms with E-state index < -0.39 is 17.6 Å². The van der Waals surface area contributed by atoms with Gasteiger partial charge in [0.1, 0.15) is 5.82 Å². The maximum Gasteiger partial charge on any atom is 0.251 e. The monoisotopic (exact) mass is 414 g/mol. The number of hydrogen-bond acceptors (Lipinski definition) is 5. The summed E-state index contributed by atoms with van der Waals surface area (Å²) in [6.45, 7) is 8.81. The Morgan fingerprint density at radius 1 is 1.28 bits per heavy atom. The van der Waals surface area contributed by atoms with Gasteiger partial charge in [-0.25, -0.2) is 9.97 Å². The highest BCUT2D eigenvalue weighted by atomic mass is 35.5. The van der Waals surface area contributed by atoms with Crippen LogP contribution in [0.4, 0.5) is 0 Å². The van der Waals surface area contributed by atoms with Gasteiger partial charge in [0.25, 0.3) is 5.91 Å². The third-order valence-electron chi connectivity index (χ3n) is 5.84. The van der Waals surface area contributed by atoms with Gasteiger partial charge < -0.3 is 10.5 Å². The minimum atomic E-state index is -0.702. The molecular formula is C22H27ClN4O2. The average molecular weight is 415 g/mol. The van der Waals surface area contributed by atoms with E-state index in [1.807, 2.05) is 24.5 Å². The van der Waals surface area contributed by atoms with Gasteiger partial charge in [0.15, 0.2) is 6.10 Å². The molecule has 2 aromatic rings. The van der Waals surface area contributed by atoms with Crippen LogP contribution in [0.2, 0.25) is 5.02 Å². The molecular weight excluding hydrogens is 388 g/mol. The number of carbonyl (C=O) groups excluding carboxylic acids is 1. The topological polar surface area (TPSA) is 81.3 Å². The fraction of sp³-hybridized carbons (Fsp3) is 0.500. The standard InChI is InChI=1S/C22H27ClN4O2/c1-21(2,3)20-25-11-14(12-26-20)13-27-8-6-22(7-9-27)17-10-15(23)4-5-16(17)18(29-22)19(24)28/h4-5,10-12,18H,6-9,13H2,1-3H3,(H2,24,28). The van der Waals surface area contributed by atoms with E-state index in [0.29, 0.717) is 5.02 Å². The number of carbonyl (C=O) groups is 1. The highest BCUT2D eigenvalue weighted by Gasteiger charge is 2.48. The van der Waals surface area contributed by atoms with Gasteiger partial charge in [0.2, 0.25) is 0 Å². The predicted molar refractivity (Wildman–Crippen MR) is 111 cm³/mol. The molecule has 1 spiro atoms. The fourth-order valence-corrected chi connectivity index (χ4v) is 4.43. The van der Waals surface area contributed by atoms with Crippen LogP contribution in [0, 0.1) is 0 Å². The lowest BCUT2D eigenvalue weighted by molar-refractivity contribution is -0.148. The van der Waals surface area contributed by atoms with Crippen LogP contribution in [0.3, 0.4) is 0 Å². The van der Waals surface area contributed by atoms with Gasteiger partial charge in [0, 0.05) is 48.0 Å². The number of halogens is 1. The molecule has 1 unspecified atom stereocenters. The smallest absolute Gasteiger partial charge is 0.251 e. The number of likely N-dealkylation sites (tertiary alicyclic amines) is 1. The summed E-state index contributed by atoms with van der Waals surface area (Å²) < 4.78 is 6.24. The lowest BCUT2D eigenvalue weighted by Crippen LogP contribution is -2.42. The van der Waals surface area contributed by atoms with Gasteiger partial charge >= 0.3 is 0 Å². The summed E-state index contributed by atoms with van der Waals surface area (Å²) in [6.07, 6.45) is 4.70. The van der Waals surface area contributed by atoms with Gasteiger partial charge in [-0.05, 0) is 36.1 Å². The van der Waals surface area contributed by atoms with Gasteiger partial charge in [-0.1, -0.05) is 38.4 Å². The normalized spacial score (nSPS) is 21.3. The van der Waals surface area contributed by atoms with Gasteiger partial charge in [-0.2, -0.15) is 0 Å². The summed E-state index contributed by atoms with van der Waals surface area (Å²) in [5, 5.41) is 0.648. The molecule has 2 aliphatic rings. The molecule has 0 radical (unpaired) electrons. The number of primary amides is 1. The number of fused-ring (bicyclic) bond motifs is 2. The van der Waals surface area contributed by atoms with Crippen molar-refractivity contribution < 1.29 is 9.53 Å². The van der Waals surface area contributed by atoms with Crippen molar-refractivity contribution in [1.29, 1.82) is 0 Å². The van der Waals surface area contributed by atoms with E-state index >= 15 is 0 Å². The first kappa shape index (κ1) is 20.3. The van der Waals surface area contributed by atoms with Gasteiger partial charge in [0.05, 0.1) is 5.60 Å². The Morgan fingerprint density at radius 2 is 1.93 bits per heavy atom. The van der Waals surface area contributed by atoms with Crippen LogP contribution in [0.5, 0.6) is 0 Å². The van der Waals surface area contributed by atoms with Crippen molar-refractivity contribution in [1.82, 2.24) is 14.9 Å². The predicted octanol–water partition coefficient (Wildman–Crippen LogP) is 3.48.